The van der Waals surface area contributed by atoms with Crippen LogP contribution in [0.3, 0.4) is 0 Å². The third kappa shape index (κ3) is 12.0. The number of likely N-dealkylation sites (tertiary alicyclic amines) is 1. The van der Waals surface area contributed by atoms with Gasteiger partial charge in [0.2, 0.25) is 41.4 Å². The number of nitrogens with two attached hydrogens (primary N) is 1. The molecule has 5 rings (SSSR count). The zero-order valence-corrected chi connectivity index (χ0v) is 32.5. The molecule has 1 fully saturated rings. The lowest BCUT2D eigenvalue weighted by Crippen LogP contribution is -2.58. The lowest BCUT2D eigenvalue weighted by molar-refractivity contribution is -0.142. The Morgan fingerprint density at radius 2 is 1.46 bits per heavy atom. The SMILES string of the molecule is C[C@@H](NC(=O)C1Cc2ccc(O)cc2CN1)C(=O)N[C@@H](Cc1ccccc1)C(=O)NCC(=O)N[C@@H](Cc1ccc(O)cc1)C(=O)N1CCC[C@H]1C(=O)N[C@@H](CO)C(N)=O. The van der Waals surface area contributed by atoms with E-state index in [2.05, 4.69) is 31.9 Å². The summed E-state index contributed by atoms with van der Waals surface area (Å²) in [6.45, 7) is 0.655. The summed E-state index contributed by atoms with van der Waals surface area (Å²) in [6, 6.07) is 13.3. The molecule has 0 spiro atoms. The third-order valence-electron chi connectivity index (χ3n) is 10.3. The molecule has 18 nitrogen and oxygen atoms in total. The summed E-state index contributed by atoms with van der Waals surface area (Å²) in [6.07, 6.45) is 1.03. The van der Waals surface area contributed by atoms with Gasteiger partial charge in [-0.25, -0.2) is 0 Å². The molecule has 314 valence electrons. The van der Waals surface area contributed by atoms with E-state index >= 15 is 0 Å². The van der Waals surface area contributed by atoms with Gasteiger partial charge in [-0.05, 0) is 72.7 Å². The summed E-state index contributed by atoms with van der Waals surface area (Å²) in [7, 11) is 0. The van der Waals surface area contributed by atoms with E-state index < -0.39 is 90.8 Å². The molecule has 2 aliphatic rings. The van der Waals surface area contributed by atoms with E-state index in [9.17, 15) is 48.9 Å². The maximum absolute atomic E-state index is 14.0. The summed E-state index contributed by atoms with van der Waals surface area (Å²) in [5.41, 5.74) is 8.28. The Labute approximate surface area is 340 Å². The highest BCUT2D eigenvalue weighted by Gasteiger charge is 2.39. The molecule has 1 unspecified atom stereocenters. The van der Waals surface area contributed by atoms with Crippen LogP contribution in [-0.4, -0.2) is 118 Å². The van der Waals surface area contributed by atoms with Gasteiger partial charge in [0.25, 0.3) is 0 Å². The number of amides is 7. The summed E-state index contributed by atoms with van der Waals surface area (Å²) in [5.74, 6) is -4.71. The van der Waals surface area contributed by atoms with Crippen molar-refractivity contribution in [3.63, 3.8) is 0 Å². The van der Waals surface area contributed by atoms with Crippen LogP contribution in [0.1, 0.15) is 42.0 Å². The first-order valence-corrected chi connectivity index (χ1v) is 19.3. The normalized spacial score (nSPS) is 17.9. The molecule has 0 radical (unpaired) electrons. The van der Waals surface area contributed by atoms with E-state index in [1.165, 1.54) is 24.0 Å². The van der Waals surface area contributed by atoms with Crippen molar-refractivity contribution in [2.45, 2.75) is 81.8 Å². The smallest absolute Gasteiger partial charge is 0.246 e. The number of nitrogens with one attached hydrogen (secondary N) is 6. The van der Waals surface area contributed by atoms with E-state index in [-0.39, 0.29) is 37.3 Å². The van der Waals surface area contributed by atoms with Crippen LogP contribution in [0.15, 0.2) is 72.8 Å². The minimum Gasteiger partial charge on any atom is -0.508 e. The molecular weight excluding hydrogens is 764 g/mol. The first-order valence-electron chi connectivity index (χ1n) is 19.3. The molecule has 0 aliphatic carbocycles. The zero-order valence-electron chi connectivity index (χ0n) is 32.5. The van der Waals surface area contributed by atoms with Gasteiger partial charge in [0.15, 0.2) is 0 Å². The van der Waals surface area contributed by atoms with Gasteiger partial charge in [0.05, 0.1) is 19.2 Å². The van der Waals surface area contributed by atoms with Crippen LogP contribution in [0.25, 0.3) is 0 Å². The molecule has 3 aromatic rings. The van der Waals surface area contributed by atoms with Crippen molar-refractivity contribution in [1.29, 1.82) is 0 Å². The molecule has 0 saturated carbocycles. The molecule has 0 bridgehead atoms. The van der Waals surface area contributed by atoms with Crippen LogP contribution < -0.4 is 37.6 Å². The van der Waals surface area contributed by atoms with Crippen molar-refractivity contribution >= 4 is 41.4 Å². The topological polar surface area (TPSA) is 282 Å². The number of rotatable bonds is 17. The molecule has 18 heteroatoms. The predicted molar refractivity (Wildman–Crippen MR) is 212 cm³/mol. The lowest BCUT2D eigenvalue weighted by Gasteiger charge is -2.29. The van der Waals surface area contributed by atoms with E-state index in [1.54, 1.807) is 60.7 Å². The van der Waals surface area contributed by atoms with Gasteiger partial charge in [0, 0.05) is 25.9 Å². The number of carbonyl (C=O) groups is 7. The number of hydrogen-bond donors (Lipinski definition) is 10. The summed E-state index contributed by atoms with van der Waals surface area (Å²) in [5, 5.41) is 45.0. The Balaban J connectivity index is 1.23. The molecular formula is C41H50N8O10. The van der Waals surface area contributed by atoms with Crippen molar-refractivity contribution in [1.82, 2.24) is 36.8 Å². The monoisotopic (exact) mass is 814 g/mol. The first kappa shape index (κ1) is 43.6. The van der Waals surface area contributed by atoms with Gasteiger partial charge in [-0.2, -0.15) is 0 Å². The van der Waals surface area contributed by atoms with Crippen LogP contribution in [0, 0.1) is 0 Å². The molecule has 2 heterocycles. The molecule has 0 aromatic heterocycles. The third-order valence-corrected chi connectivity index (χ3v) is 10.3. The second kappa shape index (κ2) is 20.2. The van der Waals surface area contributed by atoms with Crippen molar-refractivity contribution < 1.29 is 48.9 Å². The second-order valence-electron chi connectivity index (χ2n) is 14.6. The number of nitrogens with zero attached hydrogens (tertiary/aromatic N) is 1. The summed E-state index contributed by atoms with van der Waals surface area (Å²) in [4.78, 5) is 93.6. The Kier molecular flexibility index (Phi) is 15.0. The second-order valence-corrected chi connectivity index (χ2v) is 14.6. The van der Waals surface area contributed by atoms with Crippen LogP contribution in [0.5, 0.6) is 11.5 Å². The van der Waals surface area contributed by atoms with E-state index in [0.717, 1.165) is 11.1 Å². The number of aliphatic hydroxyl groups is 1. The predicted octanol–water partition coefficient (Wildman–Crippen LogP) is -1.86. The Bertz CT molecular complexity index is 2010. The van der Waals surface area contributed by atoms with Gasteiger partial charge < -0.3 is 57.9 Å². The Morgan fingerprint density at radius 1 is 0.780 bits per heavy atom. The van der Waals surface area contributed by atoms with Gasteiger partial charge in [-0.3, -0.25) is 33.6 Å². The van der Waals surface area contributed by atoms with Gasteiger partial charge in [-0.15, -0.1) is 0 Å². The number of primary amides is 1. The maximum atomic E-state index is 14.0. The largest absolute Gasteiger partial charge is 0.508 e. The minimum atomic E-state index is -1.36. The highest BCUT2D eigenvalue weighted by Crippen LogP contribution is 2.23. The highest BCUT2D eigenvalue weighted by molar-refractivity contribution is 5.96. The fraction of sp³-hybridized carbons (Fsp3) is 0.390. The first-order chi connectivity index (χ1) is 28.2. The van der Waals surface area contributed by atoms with Gasteiger partial charge in [0.1, 0.15) is 41.7 Å². The van der Waals surface area contributed by atoms with Gasteiger partial charge in [-0.1, -0.05) is 48.5 Å². The lowest BCUT2D eigenvalue weighted by atomic mass is 9.95. The van der Waals surface area contributed by atoms with Crippen molar-refractivity contribution in [3.8, 4) is 11.5 Å². The average molecular weight is 815 g/mol. The van der Waals surface area contributed by atoms with Crippen molar-refractivity contribution in [2.75, 3.05) is 19.7 Å². The van der Waals surface area contributed by atoms with E-state index in [1.807, 2.05) is 0 Å². The van der Waals surface area contributed by atoms with Crippen LogP contribution in [-0.2, 0) is 59.4 Å². The van der Waals surface area contributed by atoms with E-state index in [0.29, 0.717) is 30.5 Å². The number of hydrogen-bond acceptors (Lipinski definition) is 11. The number of benzene rings is 3. The number of fused-ring (bicyclic) bond motifs is 1. The molecule has 3 aromatic carbocycles. The average Bonchev–Trinajstić information content (AvgIpc) is 3.72. The number of aromatic hydroxyl groups is 2. The number of aliphatic hydroxyl groups excluding tert-OH is 1. The van der Waals surface area contributed by atoms with E-state index in [4.69, 9.17) is 5.73 Å². The quantitative estimate of drug-likeness (QED) is 0.0722. The fourth-order valence-corrected chi connectivity index (χ4v) is 7.00. The molecule has 6 atom stereocenters. The standard InChI is InChI=1S/C41H50N8O10/c1-23(45-39(57)30-19-26-11-14-29(52)18-27(26)20-43-30)37(55)47-31(16-24-6-3-2-4-7-24)38(56)44-21-35(53)46-32(17-25-9-12-28(51)13-10-25)41(59)49-15-5-8-34(49)40(58)48-33(22-50)36(42)54/h2-4,6-7,9-14,18,23,30-34,43,50-52H,5,8,15-17,19-22H2,1H3,(H2,42,54)(H,44,56)(H,45,57)(H,46,53)(H,47,55)(H,48,58)/t23-,30?,31+,32+,33+,34+/m1/s1. The molecule has 7 amide bonds. The summed E-state index contributed by atoms with van der Waals surface area (Å²) < 4.78 is 0. The zero-order chi connectivity index (χ0) is 42.6. The number of carbonyl (C=O) groups excluding carboxylic acids is 7. The molecule has 11 N–H and O–H groups in total. The Hall–Kier alpha value is -6.53. The minimum absolute atomic E-state index is 0.0172. The van der Waals surface area contributed by atoms with Crippen molar-refractivity contribution in [2.24, 2.45) is 5.73 Å². The maximum Gasteiger partial charge on any atom is 0.246 e. The van der Waals surface area contributed by atoms with Crippen LogP contribution in [0.2, 0.25) is 0 Å². The molecule has 59 heavy (non-hydrogen) atoms. The van der Waals surface area contributed by atoms with Gasteiger partial charge >= 0.3 is 0 Å². The number of phenols is 2. The summed E-state index contributed by atoms with van der Waals surface area (Å²) >= 11 is 0. The van der Waals surface area contributed by atoms with Crippen LogP contribution in [0.4, 0.5) is 0 Å². The highest BCUT2D eigenvalue weighted by atomic mass is 16.3. The van der Waals surface area contributed by atoms with Crippen molar-refractivity contribution in [3.05, 3.63) is 95.1 Å². The fourth-order valence-electron chi connectivity index (χ4n) is 7.00. The van der Waals surface area contributed by atoms with Crippen LogP contribution >= 0.6 is 0 Å². The molecule has 1 saturated heterocycles. The Morgan fingerprint density at radius 3 is 2.15 bits per heavy atom. The number of phenolic OH excluding ortho intramolecular Hbond substituents is 2. The molecule has 2 aliphatic heterocycles.